The van der Waals surface area contributed by atoms with E-state index in [1.165, 1.54) is 18.2 Å². The molecule has 0 atom stereocenters. The highest BCUT2D eigenvalue weighted by atomic mass is 16.5. The number of anilines is 1. The Morgan fingerprint density at radius 1 is 1.18 bits per heavy atom. The van der Waals surface area contributed by atoms with Gasteiger partial charge >= 0.3 is 5.97 Å². The van der Waals surface area contributed by atoms with Gasteiger partial charge in [-0.25, -0.2) is 4.79 Å². The van der Waals surface area contributed by atoms with Crippen molar-refractivity contribution in [1.82, 2.24) is 0 Å². The molecule has 0 aromatic heterocycles. The average Bonchev–Trinajstić information content (AvgIpc) is 2.71. The lowest BCUT2D eigenvalue weighted by molar-refractivity contribution is -0.112. The predicted octanol–water partition coefficient (Wildman–Crippen LogP) is 3.42. The molecule has 0 heterocycles. The van der Waals surface area contributed by atoms with Gasteiger partial charge in [-0.15, -0.1) is 6.42 Å². The fraction of sp³-hybridized carbons (Fsp3) is 0.136. The molecule has 0 fully saturated rings. The topological polar surface area (TPSA) is 88.4 Å². The highest BCUT2D eigenvalue weighted by Gasteiger charge is 2.12. The fourth-order valence-corrected chi connectivity index (χ4v) is 2.26. The number of para-hydroxylation sites is 1. The van der Waals surface area contributed by atoms with Crippen LogP contribution in [0.25, 0.3) is 6.08 Å². The number of hydrogen-bond acceptors (Lipinski definition) is 5. The molecule has 1 amide bonds. The van der Waals surface area contributed by atoms with E-state index in [2.05, 4.69) is 11.2 Å². The molecule has 140 valence electrons. The van der Waals surface area contributed by atoms with Crippen molar-refractivity contribution in [3.8, 4) is 24.2 Å². The first-order valence-electron chi connectivity index (χ1n) is 8.44. The van der Waals surface area contributed by atoms with Crippen molar-refractivity contribution in [2.45, 2.75) is 6.92 Å². The van der Waals surface area contributed by atoms with E-state index in [4.69, 9.17) is 15.9 Å². The number of terminal acetylenes is 1. The first kappa shape index (κ1) is 20.3. The van der Waals surface area contributed by atoms with Gasteiger partial charge in [-0.05, 0) is 43.3 Å². The number of amides is 1. The number of ether oxygens (including phenoxy) is 2. The highest BCUT2D eigenvalue weighted by Crippen LogP contribution is 2.21. The minimum absolute atomic E-state index is 0.0751. The standard InChI is InChI=1S/C22H18N2O4/c1-3-13-28-20-8-6-5-7-17(20)14-18(15-23)21(25)24-19-11-9-16(10-12-19)22(26)27-4-2/h1,5-12,14H,4,13H2,2H3,(H,24,25)/b18-14+. The molecule has 0 saturated heterocycles. The number of carbonyl (C=O) groups excluding carboxylic acids is 2. The first-order chi connectivity index (χ1) is 13.6. The highest BCUT2D eigenvalue weighted by molar-refractivity contribution is 6.10. The van der Waals surface area contributed by atoms with E-state index in [1.54, 1.807) is 43.3 Å². The molecule has 0 aliphatic carbocycles. The lowest BCUT2D eigenvalue weighted by atomic mass is 10.1. The zero-order valence-corrected chi connectivity index (χ0v) is 15.3. The Morgan fingerprint density at radius 2 is 1.89 bits per heavy atom. The van der Waals surface area contributed by atoms with Gasteiger partial charge in [-0.2, -0.15) is 5.26 Å². The second-order valence-corrected chi connectivity index (χ2v) is 5.45. The Hall–Kier alpha value is -4.03. The van der Waals surface area contributed by atoms with Crippen molar-refractivity contribution in [2.75, 3.05) is 18.5 Å². The van der Waals surface area contributed by atoms with Crippen LogP contribution in [0.15, 0.2) is 54.1 Å². The normalized spacial score (nSPS) is 10.3. The Bertz CT molecular complexity index is 963. The van der Waals surface area contributed by atoms with E-state index in [0.717, 1.165) is 0 Å². The van der Waals surface area contributed by atoms with E-state index in [1.807, 2.05) is 6.07 Å². The quantitative estimate of drug-likeness (QED) is 0.347. The lowest BCUT2D eigenvalue weighted by Gasteiger charge is -2.08. The molecule has 6 heteroatoms. The maximum absolute atomic E-state index is 12.4. The molecule has 2 aromatic carbocycles. The Balaban J connectivity index is 2.16. The van der Waals surface area contributed by atoms with Crippen LogP contribution in [-0.2, 0) is 9.53 Å². The third-order valence-electron chi connectivity index (χ3n) is 3.55. The number of nitrogens with one attached hydrogen (secondary N) is 1. The summed E-state index contributed by atoms with van der Waals surface area (Å²) in [6.45, 7) is 2.07. The summed E-state index contributed by atoms with van der Waals surface area (Å²) >= 11 is 0. The minimum Gasteiger partial charge on any atom is -0.480 e. The molecule has 1 N–H and O–H groups in total. The smallest absolute Gasteiger partial charge is 0.338 e. The molecule has 0 unspecified atom stereocenters. The number of carbonyl (C=O) groups is 2. The van der Waals surface area contributed by atoms with E-state index < -0.39 is 11.9 Å². The lowest BCUT2D eigenvalue weighted by Crippen LogP contribution is -2.13. The van der Waals surface area contributed by atoms with Crippen molar-refractivity contribution in [3.05, 3.63) is 65.2 Å². The molecular formula is C22H18N2O4. The molecule has 2 aromatic rings. The third kappa shape index (κ3) is 5.48. The van der Waals surface area contributed by atoms with Crippen LogP contribution in [0.1, 0.15) is 22.8 Å². The fourth-order valence-electron chi connectivity index (χ4n) is 2.26. The number of rotatable bonds is 7. The number of hydrogen-bond donors (Lipinski definition) is 1. The second-order valence-electron chi connectivity index (χ2n) is 5.45. The van der Waals surface area contributed by atoms with Gasteiger partial charge in [0.25, 0.3) is 5.91 Å². The van der Waals surface area contributed by atoms with Crippen molar-refractivity contribution >= 4 is 23.6 Å². The second kappa shape index (κ2) is 10.2. The van der Waals surface area contributed by atoms with E-state index in [0.29, 0.717) is 22.6 Å². The summed E-state index contributed by atoms with van der Waals surface area (Å²) in [6, 6.07) is 15.0. The van der Waals surface area contributed by atoms with Crippen LogP contribution in [0.3, 0.4) is 0 Å². The molecule has 0 radical (unpaired) electrons. The summed E-state index contributed by atoms with van der Waals surface area (Å²) in [5.74, 6) is 1.81. The number of benzene rings is 2. The Morgan fingerprint density at radius 3 is 2.54 bits per heavy atom. The number of nitriles is 1. The molecule has 0 spiro atoms. The zero-order chi connectivity index (χ0) is 20.4. The van der Waals surface area contributed by atoms with Crippen LogP contribution in [-0.4, -0.2) is 25.1 Å². The van der Waals surface area contributed by atoms with Gasteiger partial charge in [0.05, 0.1) is 12.2 Å². The van der Waals surface area contributed by atoms with Crippen molar-refractivity contribution < 1.29 is 19.1 Å². The van der Waals surface area contributed by atoms with E-state index >= 15 is 0 Å². The molecule has 0 aliphatic heterocycles. The Labute approximate surface area is 163 Å². The van der Waals surface area contributed by atoms with Gasteiger partial charge in [0.15, 0.2) is 0 Å². The van der Waals surface area contributed by atoms with Crippen molar-refractivity contribution in [3.63, 3.8) is 0 Å². The molecule has 2 rings (SSSR count). The van der Waals surface area contributed by atoms with Crippen LogP contribution in [0.5, 0.6) is 5.75 Å². The van der Waals surface area contributed by atoms with Gasteiger partial charge in [-0.1, -0.05) is 24.1 Å². The molecular weight excluding hydrogens is 356 g/mol. The molecule has 28 heavy (non-hydrogen) atoms. The van der Waals surface area contributed by atoms with Gasteiger partial charge in [0.1, 0.15) is 24.0 Å². The van der Waals surface area contributed by atoms with E-state index in [-0.39, 0.29) is 18.8 Å². The average molecular weight is 374 g/mol. The summed E-state index contributed by atoms with van der Waals surface area (Å²) < 4.78 is 10.3. The van der Waals surface area contributed by atoms with Gasteiger partial charge < -0.3 is 14.8 Å². The third-order valence-corrected chi connectivity index (χ3v) is 3.55. The monoisotopic (exact) mass is 374 g/mol. The Kier molecular flexibility index (Phi) is 7.39. The molecule has 6 nitrogen and oxygen atoms in total. The maximum atomic E-state index is 12.4. The first-order valence-corrected chi connectivity index (χ1v) is 8.44. The number of nitrogens with zero attached hydrogens (tertiary/aromatic N) is 1. The maximum Gasteiger partial charge on any atom is 0.338 e. The SMILES string of the molecule is C#CCOc1ccccc1/C=C(\C#N)C(=O)Nc1ccc(C(=O)OCC)cc1. The zero-order valence-electron chi connectivity index (χ0n) is 15.3. The van der Waals surface area contributed by atoms with Crippen LogP contribution < -0.4 is 10.1 Å². The molecule has 0 bridgehead atoms. The summed E-state index contributed by atoms with van der Waals surface area (Å²) in [5.41, 5.74) is 1.26. The van der Waals surface area contributed by atoms with Gasteiger partial charge in [0.2, 0.25) is 0 Å². The van der Waals surface area contributed by atoms with E-state index in [9.17, 15) is 14.9 Å². The van der Waals surface area contributed by atoms with Crippen LogP contribution >= 0.6 is 0 Å². The largest absolute Gasteiger partial charge is 0.480 e. The summed E-state index contributed by atoms with van der Waals surface area (Å²) in [5, 5.41) is 12.0. The van der Waals surface area contributed by atoms with Gasteiger partial charge in [0, 0.05) is 11.3 Å². The van der Waals surface area contributed by atoms with Crippen molar-refractivity contribution in [2.24, 2.45) is 0 Å². The predicted molar refractivity (Wildman–Crippen MR) is 105 cm³/mol. The summed E-state index contributed by atoms with van der Waals surface area (Å²) in [6.07, 6.45) is 6.62. The summed E-state index contributed by atoms with van der Waals surface area (Å²) in [4.78, 5) is 24.1. The minimum atomic E-state index is -0.585. The van der Waals surface area contributed by atoms with Crippen LogP contribution in [0.4, 0.5) is 5.69 Å². The van der Waals surface area contributed by atoms with Crippen LogP contribution in [0, 0.1) is 23.7 Å². The number of esters is 1. The van der Waals surface area contributed by atoms with Crippen LogP contribution in [0.2, 0.25) is 0 Å². The van der Waals surface area contributed by atoms with Crippen molar-refractivity contribution in [1.29, 1.82) is 5.26 Å². The molecule has 0 aliphatic rings. The van der Waals surface area contributed by atoms with Gasteiger partial charge in [-0.3, -0.25) is 4.79 Å². The summed E-state index contributed by atoms with van der Waals surface area (Å²) in [7, 11) is 0. The molecule has 0 saturated carbocycles.